The van der Waals surface area contributed by atoms with Gasteiger partial charge in [0, 0.05) is 24.7 Å². The molecule has 240 valence electrons. The maximum Gasteiger partial charge on any atom is 0.416 e. The predicted molar refractivity (Wildman–Crippen MR) is 164 cm³/mol. The lowest BCUT2D eigenvalue weighted by Crippen LogP contribution is -2.39. The molecule has 3 aromatic rings. The molecule has 3 aromatic carbocycles. The van der Waals surface area contributed by atoms with Gasteiger partial charge in [0.25, 0.3) is 12.4 Å². The molecule has 2 N–H and O–H groups in total. The van der Waals surface area contributed by atoms with Crippen LogP contribution in [0.3, 0.4) is 0 Å². The molecule has 1 fully saturated rings. The van der Waals surface area contributed by atoms with E-state index >= 15 is 0 Å². The minimum absolute atomic E-state index is 0.0573. The smallest absolute Gasteiger partial charge is 0.416 e. The summed E-state index contributed by atoms with van der Waals surface area (Å²) in [6.45, 7) is 1.86. The number of halogens is 4. The Morgan fingerprint density at radius 2 is 1.76 bits per heavy atom. The van der Waals surface area contributed by atoms with E-state index in [0.717, 1.165) is 66.0 Å². The average molecular weight is 647 g/mol. The van der Waals surface area contributed by atoms with E-state index in [1.54, 1.807) is 7.11 Å². The number of carbonyl (C=O) groups is 2. The average Bonchev–Trinajstić information content (AvgIpc) is 3.88. The molecule has 0 saturated heterocycles. The molecular weight excluding hydrogens is 613 g/mol. The Balaban J connectivity index is 0.00000148. The summed E-state index contributed by atoms with van der Waals surface area (Å²) in [4.78, 5) is 24.2. The molecule has 45 heavy (non-hydrogen) atoms. The number of benzene rings is 3. The fourth-order valence-electron chi connectivity index (χ4n) is 4.96. The highest BCUT2D eigenvalue weighted by Gasteiger charge is 2.35. The van der Waals surface area contributed by atoms with E-state index in [4.69, 9.17) is 35.7 Å². The van der Waals surface area contributed by atoms with E-state index in [1.165, 1.54) is 6.07 Å². The van der Waals surface area contributed by atoms with Crippen LogP contribution in [0.25, 0.3) is 5.57 Å². The van der Waals surface area contributed by atoms with Gasteiger partial charge in [0.05, 0.1) is 17.7 Å². The fourth-order valence-corrected chi connectivity index (χ4v) is 5.19. The minimum atomic E-state index is -4.47. The second kappa shape index (κ2) is 15.7. The zero-order chi connectivity index (χ0) is 32.4. The van der Waals surface area contributed by atoms with Gasteiger partial charge in [-0.15, -0.1) is 0 Å². The topological polar surface area (TPSA) is 97.3 Å². The Labute approximate surface area is 264 Å². The molecule has 1 heterocycles. The Hall–Kier alpha value is -4.22. The number of hydrogen-bond donors (Lipinski definition) is 2. The van der Waals surface area contributed by atoms with Gasteiger partial charge < -0.3 is 29.5 Å². The van der Waals surface area contributed by atoms with Gasteiger partial charge in [-0.05, 0) is 85.0 Å². The van der Waals surface area contributed by atoms with Crippen molar-refractivity contribution < 1.29 is 42.1 Å². The van der Waals surface area contributed by atoms with Gasteiger partial charge in [-0.2, -0.15) is 13.2 Å². The second-order valence-corrected chi connectivity index (χ2v) is 10.8. The first kappa shape index (κ1) is 33.7. The molecule has 2 aliphatic rings. The minimum Gasteiger partial charge on any atom is -0.497 e. The van der Waals surface area contributed by atoms with Gasteiger partial charge in [-0.25, -0.2) is 0 Å². The van der Waals surface area contributed by atoms with Crippen LogP contribution in [0.15, 0.2) is 72.3 Å². The number of nitrogens with zero attached hydrogens (tertiary/aromatic N) is 1. The summed E-state index contributed by atoms with van der Waals surface area (Å²) in [5.74, 6) is 1.60. The normalized spacial score (nSPS) is 14.6. The number of hydrogen-bond acceptors (Lipinski definition) is 6. The number of nitrogens with one attached hydrogen (secondary N) is 1. The summed E-state index contributed by atoms with van der Waals surface area (Å²) in [6, 6.07) is 18.6. The third-order valence-electron chi connectivity index (χ3n) is 7.28. The van der Waals surface area contributed by atoms with Crippen molar-refractivity contribution in [2.45, 2.75) is 38.0 Å². The molecule has 0 radical (unpaired) electrons. The number of methoxy groups -OCH3 is 1. The number of rotatable bonds is 11. The van der Waals surface area contributed by atoms with E-state index in [1.807, 2.05) is 53.4 Å². The first-order valence-electron chi connectivity index (χ1n) is 14.3. The van der Waals surface area contributed by atoms with E-state index in [9.17, 15) is 18.0 Å². The molecule has 12 heteroatoms. The molecule has 0 atom stereocenters. The summed E-state index contributed by atoms with van der Waals surface area (Å²) < 4.78 is 55.1. The van der Waals surface area contributed by atoms with Gasteiger partial charge in [0.1, 0.15) is 30.5 Å². The predicted octanol–water partition coefficient (Wildman–Crippen LogP) is 6.46. The lowest BCUT2D eigenvalue weighted by atomic mass is 9.93. The van der Waals surface area contributed by atoms with Crippen molar-refractivity contribution in [1.82, 2.24) is 10.2 Å². The molecule has 1 aliphatic heterocycles. The van der Waals surface area contributed by atoms with Gasteiger partial charge in [0.2, 0.25) is 0 Å². The lowest BCUT2D eigenvalue weighted by Gasteiger charge is -2.28. The number of ether oxygens (including phenoxy) is 3. The molecule has 0 spiro atoms. The summed E-state index contributed by atoms with van der Waals surface area (Å²) in [5.41, 5.74) is 2.99. The highest BCUT2D eigenvalue weighted by Crippen LogP contribution is 2.35. The van der Waals surface area contributed by atoms with Crippen LogP contribution >= 0.6 is 11.6 Å². The molecule has 0 aromatic heterocycles. The van der Waals surface area contributed by atoms with Crippen LogP contribution in [0.5, 0.6) is 17.2 Å². The Bertz CT molecular complexity index is 1490. The van der Waals surface area contributed by atoms with Crippen molar-refractivity contribution in [2.24, 2.45) is 0 Å². The number of alkyl halides is 3. The molecule has 0 unspecified atom stereocenters. The monoisotopic (exact) mass is 646 g/mol. The number of amides is 1. The van der Waals surface area contributed by atoms with Crippen molar-refractivity contribution in [3.05, 3.63) is 94.0 Å². The summed E-state index contributed by atoms with van der Waals surface area (Å²) in [7, 11) is 1.64. The fraction of sp³-hybridized carbons (Fsp3) is 0.333. The first-order valence-corrected chi connectivity index (χ1v) is 14.7. The maximum absolute atomic E-state index is 13.9. The summed E-state index contributed by atoms with van der Waals surface area (Å²) in [5, 5.41) is 10.1. The number of carbonyl (C=O) groups excluding carboxylic acids is 1. The van der Waals surface area contributed by atoms with Gasteiger partial charge in [-0.3, -0.25) is 9.59 Å². The van der Waals surface area contributed by atoms with Crippen molar-refractivity contribution in [2.75, 3.05) is 33.4 Å². The van der Waals surface area contributed by atoms with Crippen molar-refractivity contribution in [1.29, 1.82) is 0 Å². The summed E-state index contributed by atoms with van der Waals surface area (Å²) >= 11 is 5.94. The molecule has 1 aliphatic carbocycles. The van der Waals surface area contributed by atoms with Crippen LogP contribution in [0.2, 0.25) is 5.02 Å². The van der Waals surface area contributed by atoms with E-state index in [2.05, 4.69) is 5.32 Å². The van der Waals surface area contributed by atoms with E-state index in [0.29, 0.717) is 18.8 Å². The first-order chi connectivity index (χ1) is 21.6. The van der Waals surface area contributed by atoms with E-state index in [-0.39, 0.29) is 42.4 Å². The molecule has 0 bridgehead atoms. The summed E-state index contributed by atoms with van der Waals surface area (Å²) in [6.07, 6.45) is -1.72. The molecule has 1 saturated carbocycles. The van der Waals surface area contributed by atoms with Gasteiger partial charge >= 0.3 is 6.18 Å². The van der Waals surface area contributed by atoms with Gasteiger partial charge in [0.15, 0.2) is 0 Å². The zero-order valence-electron chi connectivity index (χ0n) is 24.6. The Kier molecular flexibility index (Phi) is 11.7. The SMILES string of the molecule is COc1cccc(CN(C(=O)C2=C(c3ccc(OCCOc4ccc(C(F)(F)F)cc4Cl)cc3)CCNC2)C2CC2)c1.O=CO. The molecular formula is C33H34ClF3N2O6. The van der Waals surface area contributed by atoms with Crippen LogP contribution in [-0.2, 0) is 22.3 Å². The molecule has 5 rings (SSSR count). The standard InChI is InChI=1S/C32H32ClF3N2O4.CH2O2/c1-40-26-4-2-3-21(17-26)20-38(24-8-9-24)31(39)28-19-37-14-13-27(28)22-5-10-25(11-6-22)41-15-16-42-30-12-7-23(18-29(30)33)32(34,35)36;2-1-3/h2-7,10-12,17-18,24,37H,8-9,13-16,19-20H2,1H3;1H,(H,2,3). The van der Waals surface area contributed by atoms with Crippen LogP contribution < -0.4 is 19.5 Å². The van der Waals surface area contributed by atoms with Crippen LogP contribution in [-0.4, -0.2) is 61.8 Å². The molecule has 8 nitrogen and oxygen atoms in total. The molecule has 1 amide bonds. The van der Waals surface area contributed by atoms with Crippen LogP contribution in [0.4, 0.5) is 13.2 Å². The lowest BCUT2D eigenvalue weighted by molar-refractivity contribution is -0.137. The van der Waals surface area contributed by atoms with Crippen LogP contribution in [0, 0.1) is 0 Å². The van der Waals surface area contributed by atoms with Crippen LogP contribution in [0.1, 0.15) is 36.0 Å². The van der Waals surface area contributed by atoms with Crippen molar-refractivity contribution in [3.8, 4) is 17.2 Å². The van der Waals surface area contributed by atoms with Crippen molar-refractivity contribution >= 4 is 29.6 Å². The Morgan fingerprint density at radius 1 is 1.04 bits per heavy atom. The highest BCUT2D eigenvalue weighted by atomic mass is 35.5. The second-order valence-electron chi connectivity index (χ2n) is 10.4. The van der Waals surface area contributed by atoms with E-state index < -0.39 is 11.7 Å². The third-order valence-corrected chi connectivity index (χ3v) is 7.58. The van der Waals surface area contributed by atoms with Gasteiger partial charge in [-0.1, -0.05) is 35.9 Å². The zero-order valence-corrected chi connectivity index (χ0v) is 25.4. The third kappa shape index (κ3) is 9.39. The maximum atomic E-state index is 13.9. The largest absolute Gasteiger partial charge is 0.497 e. The highest BCUT2D eigenvalue weighted by molar-refractivity contribution is 6.32. The quantitative estimate of drug-likeness (QED) is 0.182. The Morgan fingerprint density at radius 3 is 2.40 bits per heavy atom. The number of carboxylic acid groups (broad SMARTS) is 1. The van der Waals surface area contributed by atoms with Crippen molar-refractivity contribution in [3.63, 3.8) is 0 Å².